The second-order valence-electron chi connectivity index (χ2n) is 8.21. The molecule has 3 nitrogen and oxygen atoms in total. The smallest absolute Gasteiger partial charge is 0.220 e. The molecule has 5 fully saturated rings. The van der Waals surface area contributed by atoms with E-state index in [-0.39, 0.29) is 5.91 Å². The first-order valence-corrected chi connectivity index (χ1v) is 8.66. The van der Waals surface area contributed by atoms with Gasteiger partial charge in [0.05, 0.1) is 0 Å². The monoisotopic (exact) mass is 276 g/mol. The summed E-state index contributed by atoms with van der Waals surface area (Å²) >= 11 is 0. The second-order valence-corrected chi connectivity index (χ2v) is 8.21. The van der Waals surface area contributed by atoms with Crippen LogP contribution < -0.4 is 10.6 Å². The third-order valence-electron chi connectivity index (χ3n) is 6.76. The van der Waals surface area contributed by atoms with E-state index in [1.54, 1.807) is 0 Å². The Kier molecular flexibility index (Phi) is 3.10. The maximum atomic E-state index is 11.3. The molecule has 1 heterocycles. The molecule has 0 aromatic carbocycles. The van der Waals surface area contributed by atoms with Gasteiger partial charge >= 0.3 is 0 Å². The largest absolute Gasteiger partial charge is 0.355 e. The first-order chi connectivity index (χ1) is 9.63. The summed E-state index contributed by atoms with van der Waals surface area (Å²) in [5.74, 6) is 3.30. The van der Waals surface area contributed by atoms with E-state index in [0.717, 1.165) is 30.7 Å². The third-order valence-corrected chi connectivity index (χ3v) is 6.76. The maximum Gasteiger partial charge on any atom is 0.220 e. The average Bonchev–Trinajstić information content (AvgIpc) is 2.40. The summed E-state index contributed by atoms with van der Waals surface area (Å²) in [6.45, 7) is 3.25. The van der Waals surface area contributed by atoms with Crippen LogP contribution in [0.5, 0.6) is 0 Å². The van der Waals surface area contributed by atoms with Gasteiger partial charge in [0.15, 0.2) is 0 Å². The summed E-state index contributed by atoms with van der Waals surface area (Å²) < 4.78 is 0. The standard InChI is InChI=1S/C17H28N2O/c1-11(19-15-2-3-16(20)18-10-15)17-7-12-4-13(8-17)6-14(5-12)9-17/h11-15,19H,2-10H2,1H3,(H,18,20). The molecule has 1 saturated heterocycles. The van der Waals surface area contributed by atoms with E-state index < -0.39 is 0 Å². The van der Waals surface area contributed by atoms with Gasteiger partial charge in [0.25, 0.3) is 0 Å². The molecule has 5 aliphatic rings. The lowest BCUT2D eigenvalue weighted by atomic mass is 9.48. The molecule has 2 atom stereocenters. The zero-order valence-corrected chi connectivity index (χ0v) is 12.7. The van der Waals surface area contributed by atoms with E-state index in [4.69, 9.17) is 0 Å². The molecule has 5 rings (SSSR count). The van der Waals surface area contributed by atoms with Gasteiger partial charge < -0.3 is 10.6 Å². The fourth-order valence-corrected chi connectivity index (χ4v) is 6.11. The van der Waals surface area contributed by atoms with Gasteiger partial charge in [-0.05, 0) is 75.0 Å². The number of hydrogen-bond donors (Lipinski definition) is 2. The van der Waals surface area contributed by atoms with Crippen LogP contribution in [0.25, 0.3) is 0 Å². The molecule has 4 aliphatic carbocycles. The Morgan fingerprint density at radius 3 is 2.25 bits per heavy atom. The fourth-order valence-electron chi connectivity index (χ4n) is 6.11. The van der Waals surface area contributed by atoms with E-state index in [9.17, 15) is 4.79 Å². The first-order valence-electron chi connectivity index (χ1n) is 8.66. The summed E-state index contributed by atoms with van der Waals surface area (Å²) in [5, 5.41) is 6.89. The number of hydrogen-bond acceptors (Lipinski definition) is 2. The predicted octanol–water partition coefficient (Wildman–Crippen LogP) is 2.46. The van der Waals surface area contributed by atoms with E-state index >= 15 is 0 Å². The Hall–Kier alpha value is -0.570. The van der Waals surface area contributed by atoms with Crippen molar-refractivity contribution in [2.24, 2.45) is 23.2 Å². The fraction of sp³-hybridized carbons (Fsp3) is 0.941. The number of piperidine rings is 1. The normalized spacial score (nSPS) is 48.1. The van der Waals surface area contributed by atoms with Crippen LogP contribution in [-0.4, -0.2) is 24.5 Å². The van der Waals surface area contributed by atoms with E-state index in [2.05, 4.69) is 17.6 Å². The molecular formula is C17H28N2O. The van der Waals surface area contributed by atoms with Crippen molar-refractivity contribution in [1.29, 1.82) is 0 Å². The van der Waals surface area contributed by atoms with Gasteiger partial charge in [-0.2, -0.15) is 0 Å². The molecule has 2 unspecified atom stereocenters. The van der Waals surface area contributed by atoms with Crippen LogP contribution in [0.1, 0.15) is 58.3 Å². The van der Waals surface area contributed by atoms with Crippen molar-refractivity contribution in [3.05, 3.63) is 0 Å². The second kappa shape index (κ2) is 4.72. The van der Waals surface area contributed by atoms with Gasteiger partial charge in [0.2, 0.25) is 5.91 Å². The van der Waals surface area contributed by atoms with Gasteiger partial charge in [0, 0.05) is 25.0 Å². The topological polar surface area (TPSA) is 41.1 Å². The molecule has 4 bridgehead atoms. The molecule has 1 aliphatic heterocycles. The highest BCUT2D eigenvalue weighted by atomic mass is 16.1. The van der Waals surface area contributed by atoms with Gasteiger partial charge in [-0.1, -0.05) is 0 Å². The summed E-state index contributed by atoms with van der Waals surface area (Å²) in [6.07, 6.45) is 10.7. The Balaban J connectivity index is 1.43. The molecule has 1 amide bonds. The van der Waals surface area contributed by atoms with Crippen LogP contribution in [0.15, 0.2) is 0 Å². The molecule has 3 heteroatoms. The molecule has 0 spiro atoms. The minimum Gasteiger partial charge on any atom is -0.355 e. The molecule has 2 N–H and O–H groups in total. The Morgan fingerprint density at radius 1 is 1.15 bits per heavy atom. The minimum atomic E-state index is 0.227. The van der Waals surface area contributed by atoms with Crippen LogP contribution in [0, 0.1) is 23.2 Å². The van der Waals surface area contributed by atoms with Gasteiger partial charge in [-0.15, -0.1) is 0 Å². The number of rotatable bonds is 3. The lowest BCUT2D eigenvalue weighted by Gasteiger charge is -2.59. The lowest BCUT2D eigenvalue weighted by Crippen LogP contribution is -2.58. The van der Waals surface area contributed by atoms with Crippen molar-refractivity contribution in [3.8, 4) is 0 Å². The molecule has 4 saturated carbocycles. The molecule has 20 heavy (non-hydrogen) atoms. The van der Waals surface area contributed by atoms with E-state index in [1.165, 1.54) is 38.5 Å². The van der Waals surface area contributed by atoms with Crippen molar-refractivity contribution in [2.45, 2.75) is 70.4 Å². The van der Waals surface area contributed by atoms with Crippen LogP contribution in [0.2, 0.25) is 0 Å². The highest BCUT2D eigenvalue weighted by molar-refractivity contribution is 5.76. The SMILES string of the molecule is CC(NC1CCC(=O)NC1)C12CC3CC(CC(C3)C1)C2. The number of carbonyl (C=O) groups is 1. The lowest BCUT2D eigenvalue weighted by molar-refractivity contribution is -0.122. The summed E-state index contributed by atoms with van der Waals surface area (Å²) in [7, 11) is 0. The summed E-state index contributed by atoms with van der Waals surface area (Å²) in [4.78, 5) is 11.3. The van der Waals surface area contributed by atoms with Crippen molar-refractivity contribution in [2.75, 3.05) is 6.54 Å². The quantitative estimate of drug-likeness (QED) is 0.831. The average molecular weight is 276 g/mol. The molecule has 0 aromatic rings. The molecule has 112 valence electrons. The highest BCUT2D eigenvalue weighted by Crippen LogP contribution is 2.61. The van der Waals surface area contributed by atoms with Crippen LogP contribution in [-0.2, 0) is 4.79 Å². The third kappa shape index (κ3) is 2.18. The molecule has 0 aromatic heterocycles. The van der Waals surface area contributed by atoms with Gasteiger partial charge in [0.1, 0.15) is 0 Å². The summed E-state index contributed by atoms with van der Waals surface area (Å²) in [5.41, 5.74) is 0.580. The van der Waals surface area contributed by atoms with Crippen molar-refractivity contribution >= 4 is 5.91 Å². The Morgan fingerprint density at radius 2 is 1.75 bits per heavy atom. The van der Waals surface area contributed by atoms with Crippen molar-refractivity contribution in [1.82, 2.24) is 10.6 Å². The predicted molar refractivity (Wildman–Crippen MR) is 79.2 cm³/mol. The first kappa shape index (κ1) is 13.1. The minimum absolute atomic E-state index is 0.227. The molecular weight excluding hydrogens is 248 g/mol. The Labute approximate surface area is 122 Å². The maximum absolute atomic E-state index is 11.3. The highest BCUT2D eigenvalue weighted by Gasteiger charge is 2.53. The zero-order valence-electron chi connectivity index (χ0n) is 12.7. The van der Waals surface area contributed by atoms with Crippen LogP contribution in [0.4, 0.5) is 0 Å². The van der Waals surface area contributed by atoms with Crippen LogP contribution >= 0.6 is 0 Å². The zero-order chi connectivity index (χ0) is 13.7. The Bertz CT molecular complexity index is 361. The van der Waals surface area contributed by atoms with Crippen molar-refractivity contribution < 1.29 is 4.79 Å². The number of carbonyl (C=O) groups excluding carboxylic acids is 1. The molecule has 0 radical (unpaired) electrons. The van der Waals surface area contributed by atoms with Gasteiger partial charge in [-0.25, -0.2) is 0 Å². The van der Waals surface area contributed by atoms with Crippen LogP contribution in [0.3, 0.4) is 0 Å². The van der Waals surface area contributed by atoms with E-state index in [0.29, 0.717) is 23.9 Å². The number of nitrogens with one attached hydrogen (secondary N) is 2. The van der Waals surface area contributed by atoms with Gasteiger partial charge in [-0.3, -0.25) is 4.79 Å². The van der Waals surface area contributed by atoms with E-state index in [1.807, 2.05) is 0 Å². The summed E-state index contributed by atoms with van der Waals surface area (Å²) in [6, 6.07) is 1.12. The van der Waals surface area contributed by atoms with Crippen molar-refractivity contribution in [3.63, 3.8) is 0 Å². The number of amides is 1.